The first-order valence-corrected chi connectivity index (χ1v) is 7.29. The van der Waals surface area contributed by atoms with Crippen molar-refractivity contribution in [2.75, 3.05) is 11.9 Å². The summed E-state index contributed by atoms with van der Waals surface area (Å²) in [4.78, 5) is 24.8. The number of benzene rings is 1. The molecule has 1 fully saturated rings. The Kier molecular flexibility index (Phi) is 4.19. The molecular weight excluding hydrogens is 312 g/mol. The lowest BCUT2D eigenvalue weighted by molar-refractivity contribution is -0.385. The summed E-state index contributed by atoms with van der Waals surface area (Å²) in [6, 6.07) is 4.84. The highest BCUT2D eigenvalue weighted by atomic mass is 79.9. The number of amides is 1. The number of likely N-dealkylation sites (tertiary alicyclic amines) is 1. The van der Waals surface area contributed by atoms with Gasteiger partial charge < -0.3 is 4.90 Å². The predicted molar refractivity (Wildman–Crippen MR) is 75.7 cm³/mol. The van der Waals surface area contributed by atoms with Gasteiger partial charge in [-0.1, -0.05) is 22.0 Å². The Labute approximate surface area is 119 Å². The number of halogens is 1. The fraction of sp³-hybridized carbons (Fsp3) is 0.462. The van der Waals surface area contributed by atoms with Crippen LogP contribution in [0.1, 0.15) is 28.8 Å². The quantitative estimate of drug-likeness (QED) is 0.487. The Bertz CT molecular complexity index is 519. The van der Waals surface area contributed by atoms with E-state index in [0.29, 0.717) is 11.1 Å². The zero-order valence-electron chi connectivity index (χ0n) is 10.6. The highest BCUT2D eigenvalue weighted by Crippen LogP contribution is 2.26. The second kappa shape index (κ2) is 5.69. The van der Waals surface area contributed by atoms with Crippen molar-refractivity contribution in [1.82, 2.24) is 4.90 Å². The van der Waals surface area contributed by atoms with Crippen molar-refractivity contribution in [3.05, 3.63) is 39.4 Å². The molecule has 1 atom stereocenters. The number of nitro benzene ring substituents is 1. The van der Waals surface area contributed by atoms with Crippen LogP contribution in [0.2, 0.25) is 0 Å². The monoisotopic (exact) mass is 326 g/mol. The van der Waals surface area contributed by atoms with E-state index in [-0.39, 0.29) is 17.6 Å². The summed E-state index contributed by atoms with van der Waals surface area (Å²) >= 11 is 3.41. The molecule has 0 bridgehead atoms. The minimum Gasteiger partial charge on any atom is -0.335 e. The summed E-state index contributed by atoms with van der Waals surface area (Å²) in [7, 11) is 0. The van der Waals surface area contributed by atoms with Crippen molar-refractivity contribution < 1.29 is 9.72 Å². The van der Waals surface area contributed by atoms with Gasteiger partial charge in [0.05, 0.1) is 4.92 Å². The Morgan fingerprint density at radius 1 is 1.58 bits per heavy atom. The predicted octanol–water partition coefficient (Wildman–Crippen LogP) is 2.90. The van der Waals surface area contributed by atoms with Crippen LogP contribution in [0.3, 0.4) is 0 Å². The molecular formula is C13H15BrN2O3. The highest BCUT2D eigenvalue weighted by molar-refractivity contribution is 9.09. The maximum Gasteiger partial charge on any atom is 0.273 e. The average molecular weight is 327 g/mol. The molecule has 6 heteroatoms. The molecule has 19 heavy (non-hydrogen) atoms. The number of carbonyl (C=O) groups excluding carboxylic acids is 1. The summed E-state index contributed by atoms with van der Waals surface area (Å²) < 4.78 is 0. The molecule has 1 aliphatic rings. The third kappa shape index (κ3) is 2.63. The van der Waals surface area contributed by atoms with Crippen LogP contribution in [0.15, 0.2) is 18.2 Å². The van der Waals surface area contributed by atoms with E-state index in [4.69, 9.17) is 0 Å². The Balaban J connectivity index is 2.34. The molecule has 1 heterocycles. The van der Waals surface area contributed by atoms with Gasteiger partial charge in [-0.3, -0.25) is 14.9 Å². The second-order valence-electron chi connectivity index (χ2n) is 4.66. The van der Waals surface area contributed by atoms with E-state index in [1.807, 2.05) is 0 Å². The zero-order valence-corrected chi connectivity index (χ0v) is 12.2. The lowest BCUT2D eigenvalue weighted by atomic mass is 10.1. The third-order valence-electron chi connectivity index (χ3n) is 3.55. The zero-order chi connectivity index (χ0) is 14.0. The molecule has 5 nitrogen and oxygen atoms in total. The van der Waals surface area contributed by atoms with Crippen molar-refractivity contribution in [3.63, 3.8) is 0 Å². The summed E-state index contributed by atoms with van der Waals surface area (Å²) in [5.41, 5.74) is 0.875. The van der Waals surface area contributed by atoms with Crippen LogP contribution in [0.25, 0.3) is 0 Å². The van der Waals surface area contributed by atoms with Crippen LogP contribution >= 0.6 is 15.9 Å². The molecule has 1 unspecified atom stereocenters. The maximum absolute atomic E-state index is 12.5. The van der Waals surface area contributed by atoms with Crippen LogP contribution in [0.5, 0.6) is 0 Å². The highest BCUT2D eigenvalue weighted by Gasteiger charge is 2.30. The van der Waals surface area contributed by atoms with E-state index < -0.39 is 4.92 Å². The molecule has 0 spiro atoms. The van der Waals surface area contributed by atoms with Gasteiger partial charge in [-0.25, -0.2) is 0 Å². The minimum absolute atomic E-state index is 0.000407. The molecule has 1 aliphatic heterocycles. The number of hydrogen-bond donors (Lipinski definition) is 0. The van der Waals surface area contributed by atoms with E-state index in [1.54, 1.807) is 24.0 Å². The first-order chi connectivity index (χ1) is 9.06. The van der Waals surface area contributed by atoms with Gasteiger partial charge in [-0.15, -0.1) is 0 Å². The Morgan fingerprint density at radius 3 is 2.95 bits per heavy atom. The van der Waals surface area contributed by atoms with Crippen molar-refractivity contribution in [2.24, 2.45) is 0 Å². The van der Waals surface area contributed by atoms with Gasteiger partial charge in [0.2, 0.25) is 0 Å². The van der Waals surface area contributed by atoms with E-state index in [9.17, 15) is 14.9 Å². The van der Waals surface area contributed by atoms with E-state index in [2.05, 4.69) is 15.9 Å². The molecule has 2 rings (SSSR count). The normalized spacial score (nSPS) is 18.6. The SMILES string of the molecule is Cc1c(C(=O)N2CCCC2CBr)cccc1[N+](=O)[O-]. The summed E-state index contributed by atoms with van der Waals surface area (Å²) in [6.07, 6.45) is 1.96. The first-order valence-electron chi connectivity index (χ1n) is 6.17. The number of rotatable bonds is 3. The van der Waals surface area contributed by atoms with Gasteiger partial charge >= 0.3 is 0 Å². The number of carbonyl (C=O) groups is 1. The molecule has 0 saturated carbocycles. The molecule has 1 aromatic rings. The number of alkyl halides is 1. The van der Waals surface area contributed by atoms with Gasteiger partial charge in [-0.2, -0.15) is 0 Å². The number of nitro groups is 1. The molecule has 1 aromatic carbocycles. The maximum atomic E-state index is 12.5. The molecule has 0 aromatic heterocycles. The third-order valence-corrected chi connectivity index (χ3v) is 4.30. The van der Waals surface area contributed by atoms with E-state index >= 15 is 0 Å². The van der Waals surface area contributed by atoms with Crippen LogP contribution in [0, 0.1) is 17.0 Å². The molecule has 0 N–H and O–H groups in total. The molecule has 1 saturated heterocycles. The van der Waals surface area contributed by atoms with Crippen LogP contribution in [-0.4, -0.2) is 33.6 Å². The number of nitrogens with zero attached hydrogens (tertiary/aromatic N) is 2. The lowest BCUT2D eigenvalue weighted by Crippen LogP contribution is -2.36. The largest absolute Gasteiger partial charge is 0.335 e. The fourth-order valence-electron chi connectivity index (χ4n) is 2.47. The van der Waals surface area contributed by atoms with Gasteiger partial charge in [0, 0.05) is 35.1 Å². The smallest absolute Gasteiger partial charge is 0.273 e. The standard InChI is InChI=1S/C13H15BrN2O3/c1-9-11(5-2-6-12(9)16(18)19)13(17)15-7-3-4-10(15)8-14/h2,5-6,10H,3-4,7-8H2,1H3. The molecule has 102 valence electrons. The summed E-state index contributed by atoms with van der Waals surface area (Å²) in [6.45, 7) is 2.35. The molecule has 0 aliphatic carbocycles. The van der Waals surface area contributed by atoms with Crippen molar-refractivity contribution in [1.29, 1.82) is 0 Å². The van der Waals surface area contributed by atoms with E-state index in [1.165, 1.54) is 6.07 Å². The van der Waals surface area contributed by atoms with Crippen molar-refractivity contribution >= 4 is 27.5 Å². The lowest BCUT2D eigenvalue weighted by Gasteiger charge is -2.23. The average Bonchev–Trinajstić information content (AvgIpc) is 2.86. The Morgan fingerprint density at radius 2 is 2.32 bits per heavy atom. The van der Waals surface area contributed by atoms with Gasteiger partial charge in [0.25, 0.3) is 11.6 Å². The van der Waals surface area contributed by atoms with Crippen LogP contribution in [-0.2, 0) is 0 Å². The fourth-order valence-corrected chi connectivity index (χ4v) is 3.14. The number of hydrogen-bond acceptors (Lipinski definition) is 3. The second-order valence-corrected chi connectivity index (χ2v) is 5.30. The van der Waals surface area contributed by atoms with Crippen molar-refractivity contribution in [3.8, 4) is 0 Å². The topological polar surface area (TPSA) is 63.5 Å². The summed E-state index contributed by atoms with van der Waals surface area (Å²) in [5.74, 6) is -0.108. The van der Waals surface area contributed by atoms with Gasteiger partial charge in [0.15, 0.2) is 0 Å². The van der Waals surface area contributed by atoms with E-state index in [0.717, 1.165) is 24.7 Å². The van der Waals surface area contributed by atoms with Crippen LogP contribution in [0.4, 0.5) is 5.69 Å². The van der Waals surface area contributed by atoms with Crippen molar-refractivity contribution in [2.45, 2.75) is 25.8 Å². The van der Waals surface area contributed by atoms with Gasteiger partial charge in [0.1, 0.15) is 0 Å². The molecule has 0 radical (unpaired) electrons. The van der Waals surface area contributed by atoms with Crippen LogP contribution < -0.4 is 0 Å². The van der Waals surface area contributed by atoms with Gasteiger partial charge in [-0.05, 0) is 25.8 Å². The molecule has 1 amide bonds. The Hall–Kier alpha value is -1.43. The first kappa shape index (κ1) is 14.0. The minimum atomic E-state index is -0.446. The summed E-state index contributed by atoms with van der Waals surface area (Å²) in [5, 5.41) is 11.7.